The van der Waals surface area contributed by atoms with E-state index in [0.717, 1.165) is 80.1 Å². The number of nitrogens with zero attached hydrogens (tertiary/aromatic N) is 6. The van der Waals surface area contributed by atoms with Crippen LogP contribution in [0.5, 0.6) is 0 Å². The number of piperazine rings is 1. The lowest BCUT2D eigenvalue weighted by molar-refractivity contribution is -0.262. The minimum absolute atomic E-state index is 0.00269. The first kappa shape index (κ1) is 26.6. The third-order valence-electron chi connectivity index (χ3n) is 8.57. The molecule has 0 spiro atoms. The number of anilines is 1. The second-order valence-electron chi connectivity index (χ2n) is 11.2. The number of rotatable bonds is 8. The van der Waals surface area contributed by atoms with E-state index in [-0.39, 0.29) is 11.7 Å². The SMILES string of the molecule is CO[C@@]1(c2ccc(-c3cc4c(N5CCN(C(O)OC6COC6)CC5)ccnn4c3)nc2)CCCN(C(C)C)C1. The highest BCUT2D eigenvalue weighted by Gasteiger charge is 2.38. The van der Waals surface area contributed by atoms with Gasteiger partial charge in [-0.1, -0.05) is 6.07 Å². The van der Waals surface area contributed by atoms with Crippen LogP contribution in [-0.2, 0) is 19.8 Å². The maximum atomic E-state index is 10.4. The van der Waals surface area contributed by atoms with E-state index in [0.29, 0.717) is 19.3 Å². The Morgan fingerprint density at radius 1 is 1.08 bits per heavy atom. The summed E-state index contributed by atoms with van der Waals surface area (Å²) < 4.78 is 18.9. The first-order valence-electron chi connectivity index (χ1n) is 14.1. The van der Waals surface area contributed by atoms with Crippen molar-refractivity contribution in [2.75, 3.05) is 64.5 Å². The van der Waals surface area contributed by atoms with E-state index in [1.165, 1.54) is 0 Å². The smallest absolute Gasteiger partial charge is 0.216 e. The van der Waals surface area contributed by atoms with E-state index in [1.807, 2.05) is 35.1 Å². The minimum atomic E-state index is -0.883. The van der Waals surface area contributed by atoms with Crippen LogP contribution < -0.4 is 4.90 Å². The van der Waals surface area contributed by atoms with Crippen LogP contribution >= 0.6 is 0 Å². The van der Waals surface area contributed by atoms with E-state index in [1.54, 1.807) is 0 Å². The third-order valence-corrected chi connectivity index (χ3v) is 8.57. The number of piperidine rings is 1. The molecule has 1 N–H and O–H groups in total. The summed E-state index contributed by atoms with van der Waals surface area (Å²) in [5.41, 5.74) is 4.94. The van der Waals surface area contributed by atoms with Crippen molar-refractivity contribution in [1.29, 1.82) is 0 Å². The quantitative estimate of drug-likeness (QED) is 0.437. The Morgan fingerprint density at radius 2 is 1.90 bits per heavy atom. The minimum Gasteiger partial charge on any atom is -0.376 e. The number of methoxy groups -OCH3 is 1. The molecule has 0 bridgehead atoms. The summed E-state index contributed by atoms with van der Waals surface area (Å²) in [5, 5.41) is 15.0. The van der Waals surface area contributed by atoms with Gasteiger partial charge in [-0.2, -0.15) is 5.10 Å². The highest BCUT2D eigenvalue weighted by Crippen LogP contribution is 2.36. The fraction of sp³-hybridized carbons (Fsp3) is 0.586. The fourth-order valence-corrected chi connectivity index (χ4v) is 5.99. The standard InChI is InChI=1S/C29H40N6O4/c1-21(2)34-10-4-8-29(20-34,37-3)23-5-6-25(30-16-23)22-15-27-26(7-9-31-35(27)17-22)32-11-13-33(14-12-32)28(36)39-24-18-38-19-24/h5-7,9,15-17,21,24,28,36H,4,8,10-14,18-20H2,1-3H3/t28?,29-/m0/s1. The summed E-state index contributed by atoms with van der Waals surface area (Å²) in [6.07, 6.45) is 7.11. The maximum Gasteiger partial charge on any atom is 0.216 e. The van der Waals surface area contributed by atoms with Gasteiger partial charge in [0.25, 0.3) is 0 Å². The van der Waals surface area contributed by atoms with E-state index >= 15 is 0 Å². The molecule has 39 heavy (non-hydrogen) atoms. The van der Waals surface area contributed by atoms with Crippen molar-refractivity contribution in [3.05, 3.63) is 48.4 Å². The van der Waals surface area contributed by atoms with Crippen LogP contribution in [0.15, 0.2) is 42.9 Å². The first-order chi connectivity index (χ1) is 19.0. The van der Waals surface area contributed by atoms with Gasteiger partial charge in [0.05, 0.1) is 30.1 Å². The molecule has 210 valence electrons. The Morgan fingerprint density at radius 3 is 2.56 bits per heavy atom. The van der Waals surface area contributed by atoms with E-state index in [2.05, 4.69) is 53.0 Å². The molecule has 10 heteroatoms. The molecule has 3 aromatic heterocycles. The molecule has 6 rings (SSSR count). The molecule has 3 saturated heterocycles. The molecule has 10 nitrogen and oxygen atoms in total. The van der Waals surface area contributed by atoms with Gasteiger partial charge in [-0.3, -0.25) is 14.8 Å². The van der Waals surface area contributed by atoms with Gasteiger partial charge in [0.15, 0.2) is 0 Å². The van der Waals surface area contributed by atoms with Crippen molar-refractivity contribution in [2.45, 2.75) is 50.8 Å². The van der Waals surface area contributed by atoms with E-state index in [9.17, 15) is 5.11 Å². The first-order valence-corrected chi connectivity index (χ1v) is 14.1. The van der Waals surface area contributed by atoms with Crippen LogP contribution in [0.4, 0.5) is 5.69 Å². The van der Waals surface area contributed by atoms with Crippen LogP contribution in [-0.4, -0.2) is 108 Å². The average molecular weight is 537 g/mol. The Balaban J connectivity index is 1.17. The molecule has 0 amide bonds. The molecule has 6 heterocycles. The Labute approximate surface area is 230 Å². The topological polar surface area (TPSA) is 87.8 Å². The van der Waals surface area contributed by atoms with Gasteiger partial charge in [0.2, 0.25) is 6.41 Å². The zero-order chi connectivity index (χ0) is 27.0. The molecule has 3 fully saturated rings. The summed E-state index contributed by atoms with van der Waals surface area (Å²) in [6.45, 7) is 10.6. The average Bonchev–Trinajstić information content (AvgIpc) is 3.40. The van der Waals surface area contributed by atoms with Gasteiger partial charge in [0, 0.05) is 75.6 Å². The number of ether oxygens (including phenoxy) is 3. The van der Waals surface area contributed by atoms with Gasteiger partial charge in [0.1, 0.15) is 11.7 Å². The lowest BCUT2D eigenvalue weighted by atomic mass is 9.85. The lowest BCUT2D eigenvalue weighted by Gasteiger charge is -2.43. The molecule has 3 aromatic rings. The van der Waals surface area contributed by atoms with Crippen molar-refractivity contribution in [3.8, 4) is 11.3 Å². The molecule has 3 aliphatic heterocycles. The molecule has 1 unspecified atom stereocenters. The summed E-state index contributed by atoms with van der Waals surface area (Å²) in [7, 11) is 1.82. The fourth-order valence-electron chi connectivity index (χ4n) is 5.99. The molecule has 2 atom stereocenters. The van der Waals surface area contributed by atoms with Crippen molar-refractivity contribution >= 4 is 11.2 Å². The number of likely N-dealkylation sites (tertiary alicyclic amines) is 1. The van der Waals surface area contributed by atoms with Crippen LogP contribution in [0.3, 0.4) is 0 Å². The van der Waals surface area contributed by atoms with Crippen molar-refractivity contribution in [2.24, 2.45) is 0 Å². The van der Waals surface area contributed by atoms with Crippen LogP contribution in [0.25, 0.3) is 16.8 Å². The second-order valence-corrected chi connectivity index (χ2v) is 11.2. The monoisotopic (exact) mass is 536 g/mol. The molecular formula is C29H40N6O4. The zero-order valence-electron chi connectivity index (χ0n) is 23.2. The molecule has 0 aliphatic carbocycles. The van der Waals surface area contributed by atoms with Gasteiger partial charge in [-0.05, 0) is 51.4 Å². The van der Waals surface area contributed by atoms with Gasteiger partial charge < -0.3 is 24.2 Å². The Kier molecular flexibility index (Phi) is 7.58. The number of aliphatic hydroxyl groups excluding tert-OH is 1. The molecule has 3 aliphatic rings. The number of aromatic nitrogens is 3. The molecule has 0 aromatic carbocycles. The van der Waals surface area contributed by atoms with E-state index < -0.39 is 6.41 Å². The third kappa shape index (κ3) is 5.29. The predicted molar refractivity (Wildman–Crippen MR) is 149 cm³/mol. The maximum absolute atomic E-state index is 10.4. The summed E-state index contributed by atoms with van der Waals surface area (Å²) >= 11 is 0. The molecule has 0 saturated carbocycles. The molecular weight excluding hydrogens is 496 g/mol. The summed E-state index contributed by atoms with van der Waals surface area (Å²) in [5.74, 6) is 0. The summed E-state index contributed by atoms with van der Waals surface area (Å²) in [4.78, 5) is 11.7. The molecule has 0 radical (unpaired) electrons. The van der Waals surface area contributed by atoms with Crippen LogP contribution in [0, 0.1) is 0 Å². The summed E-state index contributed by atoms with van der Waals surface area (Å²) in [6, 6.07) is 9.00. The van der Waals surface area contributed by atoms with Crippen molar-refractivity contribution in [3.63, 3.8) is 0 Å². The number of pyridine rings is 1. The van der Waals surface area contributed by atoms with Gasteiger partial charge >= 0.3 is 0 Å². The zero-order valence-corrected chi connectivity index (χ0v) is 23.2. The van der Waals surface area contributed by atoms with E-state index in [4.69, 9.17) is 19.2 Å². The van der Waals surface area contributed by atoms with Gasteiger partial charge in [-0.25, -0.2) is 4.52 Å². The highest BCUT2D eigenvalue weighted by atomic mass is 16.7. The normalized spacial score (nSPS) is 24.4. The predicted octanol–water partition coefficient (Wildman–Crippen LogP) is 2.56. The number of hydrogen-bond donors (Lipinski definition) is 1. The van der Waals surface area contributed by atoms with Crippen molar-refractivity contribution in [1.82, 2.24) is 24.4 Å². The lowest BCUT2D eigenvalue weighted by Crippen LogP contribution is -2.53. The number of hydrogen-bond acceptors (Lipinski definition) is 9. The van der Waals surface area contributed by atoms with Crippen LogP contribution in [0.2, 0.25) is 0 Å². The number of aliphatic hydroxyl groups is 1. The number of fused-ring (bicyclic) bond motifs is 1. The Hall–Kier alpha value is -2.60. The van der Waals surface area contributed by atoms with Gasteiger partial charge in [-0.15, -0.1) is 0 Å². The largest absolute Gasteiger partial charge is 0.376 e. The van der Waals surface area contributed by atoms with Crippen molar-refractivity contribution < 1.29 is 19.3 Å². The highest BCUT2D eigenvalue weighted by molar-refractivity contribution is 5.79. The second kappa shape index (κ2) is 11.1. The Bertz CT molecular complexity index is 1250. The van der Waals surface area contributed by atoms with Crippen LogP contribution in [0.1, 0.15) is 32.3 Å².